The lowest BCUT2D eigenvalue weighted by Crippen LogP contribution is -2.17. The summed E-state index contributed by atoms with van der Waals surface area (Å²) in [6.07, 6.45) is 0. The average Bonchev–Trinajstić information content (AvgIpc) is 3.06. The maximum Gasteiger partial charge on any atom is 0.326 e. The summed E-state index contributed by atoms with van der Waals surface area (Å²) in [6, 6.07) is 49.8. The Labute approximate surface area is 255 Å². The molecule has 2 atom stereocenters. The molecule has 2 aliphatic rings. The van der Waals surface area contributed by atoms with E-state index in [0.29, 0.717) is 0 Å². The Bertz CT molecular complexity index is 1920. The second-order valence-corrected chi connectivity index (χ2v) is 13.4. The molecule has 8 rings (SSSR count). The number of rotatable bonds is 3. The first kappa shape index (κ1) is 27.4. The van der Waals surface area contributed by atoms with Crippen LogP contribution in [-0.2, 0) is 0 Å². The lowest BCUT2D eigenvalue weighted by molar-refractivity contribution is 0.501. The molecule has 0 aliphatic carbocycles. The van der Waals surface area contributed by atoms with Crippen LogP contribution < -0.4 is 24.2 Å². The van der Waals surface area contributed by atoms with Gasteiger partial charge in [0.15, 0.2) is 0 Å². The third-order valence-corrected chi connectivity index (χ3v) is 10.7. The fourth-order valence-corrected chi connectivity index (χ4v) is 8.40. The summed E-state index contributed by atoms with van der Waals surface area (Å²) in [6.45, 7) is 4.28. The molecule has 6 aromatic carbocycles. The van der Waals surface area contributed by atoms with E-state index in [9.17, 15) is 0 Å². The zero-order valence-electron chi connectivity index (χ0n) is 24.0. The topological polar surface area (TPSA) is 27.7 Å². The zero-order valence-corrected chi connectivity index (χ0v) is 25.8. The van der Waals surface area contributed by atoms with Crippen molar-refractivity contribution in [3.05, 3.63) is 151 Å². The molecule has 0 fully saturated rings. The highest BCUT2D eigenvalue weighted by atomic mass is 31.2. The van der Waals surface area contributed by atoms with Gasteiger partial charge in [0, 0.05) is 22.0 Å². The van der Waals surface area contributed by atoms with Crippen LogP contribution in [0.25, 0.3) is 33.4 Å². The molecule has 0 saturated carbocycles. The molecule has 6 aromatic rings. The van der Waals surface area contributed by atoms with Crippen molar-refractivity contribution in [2.75, 3.05) is 6.66 Å². The Kier molecular flexibility index (Phi) is 7.69. The summed E-state index contributed by atoms with van der Waals surface area (Å²) in [5.74, 6) is 2.74. The van der Waals surface area contributed by atoms with Crippen molar-refractivity contribution >= 4 is 27.1 Å². The SMILES string of the molecule is CP1Oc2ccccc2-c2ccccc21.Cc1ccccc1-c1ccccc1OP1Oc2ccccc2-c2ccccc21. The summed E-state index contributed by atoms with van der Waals surface area (Å²) in [7, 11) is -1.76. The van der Waals surface area contributed by atoms with Crippen LogP contribution in [-0.4, -0.2) is 6.66 Å². The lowest BCUT2D eigenvalue weighted by atomic mass is 10.00. The first-order chi connectivity index (χ1) is 21.2. The number of hydrogen-bond acceptors (Lipinski definition) is 3. The fourth-order valence-electron chi connectivity index (χ4n) is 5.51. The van der Waals surface area contributed by atoms with Crippen LogP contribution in [0.4, 0.5) is 0 Å². The smallest absolute Gasteiger partial charge is 0.326 e. The van der Waals surface area contributed by atoms with E-state index < -0.39 is 16.5 Å². The van der Waals surface area contributed by atoms with Crippen LogP contribution in [0.5, 0.6) is 17.2 Å². The number of benzene rings is 6. The Morgan fingerprint density at radius 3 is 1.58 bits per heavy atom. The molecule has 0 bridgehead atoms. The molecule has 0 amide bonds. The normalized spacial score (nSPS) is 15.6. The summed E-state index contributed by atoms with van der Waals surface area (Å²) >= 11 is 0. The molecule has 2 aliphatic heterocycles. The number of fused-ring (bicyclic) bond motifs is 6. The molecule has 0 spiro atoms. The van der Waals surface area contributed by atoms with Crippen LogP contribution in [0.2, 0.25) is 0 Å². The predicted octanol–water partition coefficient (Wildman–Crippen LogP) is 10.1. The Morgan fingerprint density at radius 2 is 0.907 bits per heavy atom. The van der Waals surface area contributed by atoms with Gasteiger partial charge in [-0.3, -0.25) is 0 Å². The van der Waals surface area contributed by atoms with E-state index in [-0.39, 0.29) is 0 Å². The second kappa shape index (κ2) is 12.1. The average molecular weight is 597 g/mol. The van der Waals surface area contributed by atoms with E-state index >= 15 is 0 Å². The van der Waals surface area contributed by atoms with Crippen LogP contribution in [0, 0.1) is 6.92 Å². The molecule has 2 unspecified atom stereocenters. The quantitative estimate of drug-likeness (QED) is 0.190. The van der Waals surface area contributed by atoms with Gasteiger partial charge in [0.25, 0.3) is 0 Å². The monoisotopic (exact) mass is 596 g/mol. The van der Waals surface area contributed by atoms with Crippen molar-refractivity contribution in [3.63, 3.8) is 0 Å². The molecule has 5 heteroatoms. The molecule has 43 heavy (non-hydrogen) atoms. The van der Waals surface area contributed by atoms with Gasteiger partial charge in [-0.05, 0) is 60.1 Å². The minimum atomic E-state index is -1.27. The van der Waals surface area contributed by atoms with Gasteiger partial charge in [0.2, 0.25) is 0 Å². The highest BCUT2D eigenvalue weighted by molar-refractivity contribution is 7.61. The highest BCUT2D eigenvalue weighted by Gasteiger charge is 2.29. The maximum atomic E-state index is 6.52. The molecule has 0 N–H and O–H groups in total. The maximum absolute atomic E-state index is 6.52. The number of para-hydroxylation sites is 3. The first-order valence-corrected chi connectivity index (χ1v) is 17.2. The molecule has 210 valence electrons. The minimum absolute atomic E-state index is 0.494. The van der Waals surface area contributed by atoms with Gasteiger partial charge in [0.05, 0.1) is 5.30 Å². The van der Waals surface area contributed by atoms with E-state index in [4.69, 9.17) is 13.6 Å². The molecule has 0 saturated heterocycles. The van der Waals surface area contributed by atoms with E-state index in [2.05, 4.69) is 105 Å². The van der Waals surface area contributed by atoms with Crippen molar-refractivity contribution in [2.24, 2.45) is 0 Å². The minimum Gasteiger partial charge on any atom is -0.469 e. The second-order valence-electron chi connectivity index (χ2n) is 10.4. The van der Waals surface area contributed by atoms with Crippen LogP contribution in [0.3, 0.4) is 0 Å². The van der Waals surface area contributed by atoms with Gasteiger partial charge in [-0.2, -0.15) is 0 Å². The van der Waals surface area contributed by atoms with Crippen molar-refractivity contribution in [1.29, 1.82) is 0 Å². The predicted molar refractivity (Wildman–Crippen MR) is 181 cm³/mol. The van der Waals surface area contributed by atoms with Gasteiger partial charge < -0.3 is 13.6 Å². The standard InChI is InChI=1S/C25H19O2P.C13H11OP/c1-18-10-2-3-11-19(18)20-12-4-7-15-23(20)26-28-25-17-9-6-14-22(25)21-13-5-8-16-24(21)27-28;1-15-13-9-5-3-7-11(13)10-6-2-4-8-12(10)14-15/h2-17H,1H3;2-9H,1H3. The Balaban J connectivity index is 0.000000168. The van der Waals surface area contributed by atoms with Gasteiger partial charge in [-0.15, -0.1) is 0 Å². The lowest BCUT2D eigenvalue weighted by Gasteiger charge is -2.27. The number of hydrogen-bond donors (Lipinski definition) is 0. The third-order valence-electron chi connectivity index (χ3n) is 7.62. The van der Waals surface area contributed by atoms with Gasteiger partial charge in [0.1, 0.15) is 25.4 Å². The summed E-state index contributed by atoms with van der Waals surface area (Å²) in [5, 5.41) is 2.45. The molecule has 2 heterocycles. The molecular weight excluding hydrogens is 566 g/mol. The van der Waals surface area contributed by atoms with E-state index in [0.717, 1.165) is 33.7 Å². The Morgan fingerprint density at radius 1 is 0.442 bits per heavy atom. The Hall–Kier alpha value is -4.42. The van der Waals surface area contributed by atoms with Crippen molar-refractivity contribution < 1.29 is 13.6 Å². The molecule has 0 aromatic heterocycles. The summed E-state index contributed by atoms with van der Waals surface area (Å²) < 4.78 is 18.8. The third kappa shape index (κ3) is 5.43. The van der Waals surface area contributed by atoms with Crippen molar-refractivity contribution in [1.82, 2.24) is 0 Å². The molecule has 0 radical (unpaired) electrons. The van der Waals surface area contributed by atoms with Gasteiger partial charge in [-0.25, -0.2) is 0 Å². The van der Waals surface area contributed by atoms with E-state index in [1.54, 1.807) is 0 Å². The van der Waals surface area contributed by atoms with Gasteiger partial charge >= 0.3 is 8.38 Å². The highest BCUT2D eigenvalue weighted by Crippen LogP contribution is 2.51. The van der Waals surface area contributed by atoms with Crippen LogP contribution >= 0.6 is 16.5 Å². The van der Waals surface area contributed by atoms with Crippen molar-refractivity contribution in [2.45, 2.75) is 6.92 Å². The molecular formula is C38H30O3P2. The zero-order chi connectivity index (χ0) is 29.2. The van der Waals surface area contributed by atoms with Crippen LogP contribution in [0.1, 0.15) is 5.56 Å². The van der Waals surface area contributed by atoms with E-state index in [1.165, 1.54) is 33.1 Å². The first-order valence-electron chi connectivity index (χ1n) is 14.3. The van der Waals surface area contributed by atoms with Crippen LogP contribution in [0.15, 0.2) is 146 Å². The summed E-state index contributed by atoms with van der Waals surface area (Å²) in [4.78, 5) is 0. The van der Waals surface area contributed by atoms with Crippen molar-refractivity contribution in [3.8, 4) is 50.6 Å². The van der Waals surface area contributed by atoms with E-state index in [1.807, 2.05) is 54.6 Å². The van der Waals surface area contributed by atoms with Gasteiger partial charge in [-0.1, -0.05) is 121 Å². The fraction of sp³-hybridized carbons (Fsp3) is 0.0526. The number of aryl methyl sites for hydroxylation is 1. The molecule has 3 nitrogen and oxygen atoms in total. The largest absolute Gasteiger partial charge is 0.469 e. The summed E-state index contributed by atoms with van der Waals surface area (Å²) in [5.41, 5.74) is 8.33.